The summed E-state index contributed by atoms with van der Waals surface area (Å²) in [4.78, 5) is 30.0. The molecule has 0 bridgehead atoms. The summed E-state index contributed by atoms with van der Waals surface area (Å²) in [7, 11) is 1.71. The van der Waals surface area contributed by atoms with E-state index in [4.69, 9.17) is 0 Å². The molecule has 0 radical (unpaired) electrons. The van der Waals surface area contributed by atoms with Crippen LogP contribution in [0.4, 0.5) is 5.69 Å². The second kappa shape index (κ2) is 7.80. The van der Waals surface area contributed by atoms with Gasteiger partial charge in [-0.05, 0) is 47.0 Å². The van der Waals surface area contributed by atoms with Crippen LogP contribution in [-0.4, -0.2) is 29.2 Å². The molecular formula is C21H20N2O3S. The zero-order valence-electron chi connectivity index (χ0n) is 15.3. The fraction of sp³-hybridized carbons (Fsp3) is 0.190. The van der Waals surface area contributed by atoms with Crippen LogP contribution in [-0.2, 0) is 4.79 Å². The number of hydrogen-bond donors (Lipinski definition) is 1. The number of hydrogen-bond acceptors (Lipinski definition) is 4. The highest BCUT2D eigenvalue weighted by atomic mass is 32.2. The van der Waals surface area contributed by atoms with Crippen LogP contribution in [0.2, 0.25) is 0 Å². The number of benzene rings is 2. The van der Waals surface area contributed by atoms with Crippen molar-refractivity contribution in [3.63, 3.8) is 0 Å². The predicted molar refractivity (Wildman–Crippen MR) is 110 cm³/mol. The lowest BCUT2D eigenvalue weighted by Crippen LogP contribution is -2.24. The maximum atomic E-state index is 12.3. The summed E-state index contributed by atoms with van der Waals surface area (Å²) in [6.45, 7) is 4.27. The highest BCUT2D eigenvalue weighted by Gasteiger charge is 2.26. The van der Waals surface area contributed by atoms with Crippen molar-refractivity contribution in [1.29, 1.82) is 0 Å². The first kappa shape index (κ1) is 18.9. The Bertz CT molecular complexity index is 946. The van der Waals surface area contributed by atoms with Crippen molar-refractivity contribution < 1.29 is 14.7 Å². The van der Waals surface area contributed by atoms with Crippen LogP contribution in [0.25, 0.3) is 6.08 Å². The smallest absolute Gasteiger partial charge is 0.337 e. The van der Waals surface area contributed by atoms with Crippen LogP contribution < -0.4 is 4.90 Å². The summed E-state index contributed by atoms with van der Waals surface area (Å²) < 4.78 is 0. The molecule has 3 rings (SSSR count). The Morgan fingerprint density at radius 2 is 1.81 bits per heavy atom. The van der Waals surface area contributed by atoms with Crippen molar-refractivity contribution in [2.24, 2.45) is 4.99 Å². The molecule has 1 N–H and O–H groups in total. The quantitative estimate of drug-likeness (QED) is 0.784. The van der Waals surface area contributed by atoms with Crippen molar-refractivity contribution in [2.45, 2.75) is 19.8 Å². The molecule has 0 atom stereocenters. The zero-order valence-corrected chi connectivity index (χ0v) is 16.2. The third-order valence-electron chi connectivity index (χ3n) is 4.29. The van der Waals surface area contributed by atoms with E-state index >= 15 is 0 Å². The van der Waals surface area contributed by atoms with Crippen LogP contribution >= 0.6 is 11.8 Å². The molecule has 0 saturated heterocycles. The second-order valence-corrected chi connectivity index (χ2v) is 7.52. The lowest BCUT2D eigenvalue weighted by Gasteiger charge is -2.19. The number of carbonyl (C=O) groups excluding carboxylic acids is 1. The number of carboxylic acid groups (broad SMARTS) is 1. The summed E-state index contributed by atoms with van der Waals surface area (Å²) >= 11 is 1.24. The van der Waals surface area contributed by atoms with Gasteiger partial charge in [0.15, 0.2) is 5.17 Å². The SMILES string of the molecule is CC(C)c1ccc(/C=C2\SC(N(C)c3ccccc3C(=O)O)=NC2=O)cc1. The van der Waals surface area contributed by atoms with E-state index < -0.39 is 5.97 Å². The predicted octanol–water partition coefficient (Wildman–Crippen LogP) is 4.61. The average Bonchev–Trinajstić information content (AvgIpc) is 3.02. The van der Waals surface area contributed by atoms with E-state index in [0.29, 0.717) is 21.7 Å². The Labute approximate surface area is 162 Å². The minimum atomic E-state index is -1.02. The van der Waals surface area contributed by atoms with E-state index in [9.17, 15) is 14.7 Å². The topological polar surface area (TPSA) is 70.0 Å². The number of carboxylic acids is 1. The van der Waals surface area contributed by atoms with Crippen molar-refractivity contribution in [2.75, 3.05) is 11.9 Å². The maximum absolute atomic E-state index is 12.3. The van der Waals surface area contributed by atoms with E-state index in [0.717, 1.165) is 5.56 Å². The number of para-hydroxylation sites is 1. The molecule has 27 heavy (non-hydrogen) atoms. The highest BCUT2D eigenvalue weighted by molar-refractivity contribution is 8.18. The third kappa shape index (κ3) is 4.11. The van der Waals surface area contributed by atoms with Crippen LogP contribution in [0.5, 0.6) is 0 Å². The molecule has 0 saturated carbocycles. The van der Waals surface area contributed by atoms with E-state index in [-0.39, 0.29) is 11.5 Å². The largest absolute Gasteiger partial charge is 0.478 e. The average molecular weight is 380 g/mol. The molecule has 2 aromatic carbocycles. The number of nitrogens with zero attached hydrogens (tertiary/aromatic N) is 2. The fourth-order valence-electron chi connectivity index (χ4n) is 2.72. The first-order chi connectivity index (χ1) is 12.9. The van der Waals surface area contributed by atoms with Gasteiger partial charge in [0.25, 0.3) is 5.91 Å². The molecule has 1 heterocycles. The number of amidine groups is 1. The monoisotopic (exact) mass is 380 g/mol. The lowest BCUT2D eigenvalue weighted by atomic mass is 10.0. The number of thioether (sulfide) groups is 1. The molecule has 2 aromatic rings. The fourth-order valence-corrected chi connectivity index (χ4v) is 3.61. The molecule has 1 amide bonds. The number of carbonyl (C=O) groups is 2. The van der Waals surface area contributed by atoms with Gasteiger partial charge in [-0.2, -0.15) is 4.99 Å². The van der Waals surface area contributed by atoms with E-state index in [2.05, 4.69) is 31.0 Å². The number of aromatic carboxylic acids is 1. The van der Waals surface area contributed by atoms with E-state index in [1.54, 1.807) is 30.1 Å². The van der Waals surface area contributed by atoms with Gasteiger partial charge >= 0.3 is 5.97 Å². The number of aliphatic imine (C=N–C) groups is 1. The van der Waals surface area contributed by atoms with Crippen LogP contribution in [0.1, 0.15) is 41.3 Å². The van der Waals surface area contributed by atoms with Crippen molar-refractivity contribution in [3.8, 4) is 0 Å². The molecule has 1 aliphatic heterocycles. The Balaban J connectivity index is 1.82. The highest BCUT2D eigenvalue weighted by Crippen LogP contribution is 2.33. The molecule has 0 fully saturated rings. The Kier molecular flexibility index (Phi) is 5.46. The van der Waals surface area contributed by atoms with Gasteiger partial charge in [0.2, 0.25) is 0 Å². The van der Waals surface area contributed by atoms with Crippen LogP contribution in [0, 0.1) is 0 Å². The Morgan fingerprint density at radius 3 is 2.44 bits per heavy atom. The van der Waals surface area contributed by atoms with Gasteiger partial charge in [0.1, 0.15) is 0 Å². The number of rotatable bonds is 4. The molecule has 1 aliphatic rings. The standard InChI is InChI=1S/C21H20N2O3S/c1-13(2)15-10-8-14(9-11-15)12-18-19(24)22-21(27-18)23(3)17-7-5-4-6-16(17)20(25)26/h4-13H,1-3H3,(H,25,26)/b18-12-. The summed E-state index contributed by atoms with van der Waals surface area (Å²) in [6, 6.07) is 14.7. The number of anilines is 1. The summed E-state index contributed by atoms with van der Waals surface area (Å²) in [5, 5.41) is 9.82. The molecular weight excluding hydrogens is 360 g/mol. The van der Waals surface area contributed by atoms with Gasteiger partial charge in [-0.15, -0.1) is 0 Å². The summed E-state index contributed by atoms with van der Waals surface area (Å²) in [6.07, 6.45) is 1.81. The van der Waals surface area contributed by atoms with Gasteiger partial charge in [0.05, 0.1) is 16.2 Å². The van der Waals surface area contributed by atoms with Crippen LogP contribution in [0.15, 0.2) is 58.4 Å². The molecule has 5 nitrogen and oxygen atoms in total. The minimum Gasteiger partial charge on any atom is -0.478 e. The summed E-state index contributed by atoms with van der Waals surface area (Å²) in [5.41, 5.74) is 2.83. The van der Waals surface area contributed by atoms with E-state index in [1.807, 2.05) is 18.2 Å². The Hall–Kier alpha value is -2.86. The van der Waals surface area contributed by atoms with Crippen molar-refractivity contribution in [3.05, 3.63) is 70.1 Å². The van der Waals surface area contributed by atoms with Gasteiger partial charge in [-0.25, -0.2) is 4.79 Å². The number of amides is 1. The van der Waals surface area contributed by atoms with Gasteiger partial charge < -0.3 is 10.0 Å². The lowest BCUT2D eigenvalue weighted by molar-refractivity contribution is -0.113. The normalized spacial score (nSPS) is 15.3. The molecule has 0 spiro atoms. The Morgan fingerprint density at radius 1 is 1.15 bits per heavy atom. The molecule has 6 heteroatoms. The third-order valence-corrected chi connectivity index (χ3v) is 5.35. The maximum Gasteiger partial charge on any atom is 0.337 e. The molecule has 0 aliphatic carbocycles. The van der Waals surface area contributed by atoms with Gasteiger partial charge in [-0.1, -0.05) is 50.2 Å². The minimum absolute atomic E-state index is 0.164. The second-order valence-electron chi connectivity index (χ2n) is 6.51. The summed E-state index contributed by atoms with van der Waals surface area (Å²) in [5.74, 6) is -0.886. The molecule has 0 unspecified atom stereocenters. The van der Waals surface area contributed by atoms with Crippen LogP contribution in [0.3, 0.4) is 0 Å². The molecule has 0 aromatic heterocycles. The first-order valence-corrected chi connectivity index (χ1v) is 9.37. The first-order valence-electron chi connectivity index (χ1n) is 8.55. The van der Waals surface area contributed by atoms with Crippen molar-refractivity contribution in [1.82, 2.24) is 0 Å². The zero-order chi connectivity index (χ0) is 19.6. The van der Waals surface area contributed by atoms with Gasteiger partial charge in [-0.3, -0.25) is 4.79 Å². The molecule has 138 valence electrons. The van der Waals surface area contributed by atoms with E-state index in [1.165, 1.54) is 23.4 Å². The van der Waals surface area contributed by atoms with Gasteiger partial charge in [0, 0.05) is 7.05 Å². The van der Waals surface area contributed by atoms with Crippen molar-refractivity contribution >= 4 is 40.6 Å².